The Labute approximate surface area is 367 Å². The smallest absolute Gasteiger partial charge is 0.462 e. The highest BCUT2D eigenvalue weighted by molar-refractivity contribution is 7.47. The molecule has 1 fully saturated rings. The van der Waals surface area contributed by atoms with Crippen molar-refractivity contribution in [3.05, 3.63) is 48.6 Å². The van der Waals surface area contributed by atoms with Crippen LogP contribution in [0.3, 0.4) is 0 Å². The van der Waals surface area contributed by atoms with E-state index in [9.17, 15) is 44.6 Å². The molecular weight excluding hydrogens is 803 g/mol. The van der Waals surface area contributed by atoms with Crippen molar-refractivity contribution in [3.63, 3.8) is 0 Å². The summed E-state index contributed by atoms with van der Waals surface area (Å²) < 4.78 is 33.5. The van der Waals surface area contributed by atoms with Gasteiger partial charge >= 0.3 is 19.8 Å². The maximum absolute atomic E-state index is 12.8. The zero-order valence-electron chi connectivity index (χ0n) is 37.4. The third-order valence-corrected chi connectivity index (χ3v) is 11.6. The van der Waals surface area contributed by atoms with Gasteiger partial charge in [-0.1, -0.05) is 140 Å². The van der Waals surface area contributed by atoms with E-state index in [0.29, 0.717) is 12.8 Å². The number of ether oxygens (including phenoxy) is 2. The fourth-order valence-corrected chi connectivity index (χ4v) is 7.79. The molecule has 6 N–H and O–H groups in total. The molecule has 0 radical (unpaired) electrons. The van der Waals surface area contributed by atoms with Crippen LogP contribution in [0.2, 0.25) is 0 Å². The second-order valence-corrected chi connectivity index (χ2v) is 17.7. The molecule has 6 unspecified atom stereocenters. The van der Waals surface area contributed by atoms with Gasteiger partial charge in [0.1, 0.15) is 43.2 Å². The molecular formula is C47H83O13P. The van der Waals surface area contributed by atoms with Crippen LogP contribution in [0.25, 0.3) is 0 Å². The Morgan fingerprint density at radius 2 is 0.885 bits per heavy atom. The van der Waals surface area contributed by atoms with Gasteiger partial charge in [0.05, 0.1) is 6.61 Å². The van der Waals surface area contributed by atoms with Crippen molar-refractivity contribution in [1.82, 2.24) is 0 Å². The number of aliphatic hydroxyl groups excluding tert-OH is 5. The summed E-state index contributed by atoms with van der Waals surface area (Å²) in [4.78, 5) is 35.7. The van der Waals surface area contributed by atoms with Crippen LogP contribution in [0, 0.1) is 0 Å². The maximum atomic E-state index is 12.8. The lowest BCUT2D eigenvalue weighted by molar-refractivity contribution is -0.220. The van der Waals surface area contributed by atoms with E-state index in [2.05, 4.69) is 62.5 Å². The number of carbonyl (C=O) groups is 2. The van der Waals surface area contributed by atoms with Crippen molar-refractivity contribution in [2.45, 2.75) is 224 Å². The molecule has 0 bridgehead atoms. The average Bonchev–Trinajstić information content (AvgIpc) is 3.24. The molecule has 1 aliphatic rings. The molecule has 0 amide bonds. The number of phosphoric ester groups is 1. The zero-order valence-corrected chi connectivity index (χ0v) is 38.3. The molecule has 14 heteroatoms. The second-order valence-electron chi connectivity index (χ2n) is 16.3. The minimum absolute atomic E-state index is 0.0834. The lowest BCUT2D eigenvalue weighted by Crippen LogP contribution is -2.64. The summed E-state index contributed by atoms with van der Waals surface area (Å²) >= 11 is 0. The number of esters is 2. The molecule has 354 valence electrons. The molecule has 1 saturated carbocycles. The fraction of sp³-hybridized carbons (Fsp3) is 0.787. The summed E-state index contributed by atoms with van der Waals surface area (Å²) in [5.74, 6) is -1.13. The third kappa shape index (κ3) is 29.7. The van der Waals surface area contributed by atoms with E-state index in [0.717, 1.165) is 103 Å². The van der Waals surface area contributed by atoms with Crippen LogP contribution in [-0.2, 0) is 32.7 Å². The van der Waals surface area contributed by atoms with Gasteiger partial charge in [-0.2, -0.15) is 0 Å². The number of hydrogen-bond donors (Lipinski definition) is 6. The Kier molecular flexibility index (Phi) is 34.7. The lowest BCUT2D eigenvalue weighted by Gasteiger charge is -2.41. The summed E-state index contributed by atoms with van der Waals surface area (Å²) in [7, 11) is -5.12. The molecule has 1 rings (SSSR count). The standard InChI is InChI=1S/C47H83O13P/c1-3-5-7-9-11-13-15-17-19-20-22-24-26-28-30-32-34-36-41(49)59-39(38-58-61(55,56)60-47-45(53)43(51)42(50)44(52)46(47)54)37-57-40(48)35-33-31-29-27-25-23-21-18-16-14-12-10-8-6-4-2/h11-14,17-19,21,39,42-47,50-54H,3-10,15-16,20,22-38H2,1-2H3,(H,55,56)/t39-,42?,43-,44?,45?,46?,47?/m1/s1. The molecule has 13 nitrogen and oxygen atoms in total. The highest BCUT2D eigenvalue weighted by Gasteiger charge is 2.51. The van der Waals surface area contributed by atoms with Crippen LogP contribution in [-0.4, -0.2) is 98.3 Å². The molecule has 0 heterocycles. The zero-order chi connectivity index (χ0) is 45.0. The van der Waals surface area contributed by atoms with E-state index >= 15 is 0 Å². The normalized spacial score (nSPS) is 22.4. The molecule has 1 aliphatic carbocycles. The van der Waals surface area contributed by atoms with Gasteiger partial charge < -0.3 is 39.9 Å². The van der Waals surface area contributed by atoms with Crippen LogP contribution in [0.1, 0.15) is 181 Å². The fourth-order valence-electron chi connectivity index (χ4n) is 6.82. The van der Waals surface area contributed by atoms with E-state index in [4.69, 9.17) is 18.5 Å². The van der Waals surface area contributed by atoms with Crippen LogP contribution in [0.5, 0.6) is 0 Å². The third-order valence-electron chi connectivity index (χ3n) is 10.6. The minimum Gasteiger partial charge on any atom is -0.462 e. The number of unbranched alkanes of at least 4 members (excludes halogenated alkanes) is 18. The van der Waals surface area contributed by atoms with Gasteiger partial charge in [0.2, 0.25) is 0 Å². The van der Waals surface area contributed by atoms with E-state index in [1.54, 1.807) is 0 Å². The Bertz CT molecular complexity index is 1250. The average molecular weight is 887 g/mol. The van der Waals surface area contributed by atoms with Crippen molar-refractivity contribution in [2.75, 3.05) is 13.2 Å². The van der Waals surface area contributed by atoms with E-state index in [1.807, 2.05) is 0 Å². The minimum atomic E-state index is -5.12. The predicted octanol–water partition coefficient (Wildman–Crippen LogP) is 9.17. The number of phosphoric acid groups is 1. The first kappa shape index (κ1) is 56.8. The molecule has 8 atom stereocenters. The summed E-state index contributed by atoms with van der Waals surface area (Å²) in [6, 6.07) is 0. The van der Waals surface area contributed by atoms with Crippen molar-refractivity contribution in [1.29, 1.82) is 0 Å². The Balaban J connectivity index is 2.47. The number of allylic oxidation sites excluding steroid dienone is 8. The molecule has 0 aromatic carbocycles. The van der Waals surface area contributed by atoms with Crippen molar-refractivity contribution < 1.29 is 63.1 Å². The highest BCUT2D eigenvalue weighted by atomic mass is 31.2. The van der Waals surface area contributed by atoms with Crippen molar-refractivity contribution >= 4 is 19.8 Å². The van der Waals surface area contributed by atoms with Gasteiger partial charge in [-0.3, -0.25) is 18.6 Å². The first-order valence-corrected chi connectivity index (χ1v) is 24.9. The largest absolute Gasteiger partial charge is 0.472 e. The SMILES string of the molecule is CCCCCC=CCC=CCCCCCCCCCC(=O)O[C@H](COC(=O)CCCCCCCC=CCC=CCCCCC)COP(=O)(O)OC1C(O)C(O)C(O)[C@@H](O)C1O. The van der Waals surface area contributed by atoms with Crippen molar-refractivity contribution in [2.24, 2.45) is 0 Å². The molecule has 0 aromatic heterocycles. The van der Waals surface area contributed by atoms with E-state index in [-0.39, 0.29) is 12.8 Å². The number of rotatable bonds is 38. The molecule has 0 aromatic rings. The second kappa shape index (κ2) is 37.2. The molecule has 0 aliphatic heterocycles. The first-order valence-electron chi connectivity index (χ1n) is 23.4. The van der Waals surface area contributed by atoms with Gasteiger partial charge in [-0.05, 0) is 77.0 Å². The molecule has 0 spiro atoms. The molecule has 0 saturated heterocycles. The summed E-state index contributed by atoms with van der Waals surface area (Å²) in [6.07, 6.45) is 30.1. The van der Waals surface area contributed by atoms with Crippen molar-refractivity contribution in [3.8, 4) is 0 Å². The first-order chi connectivity index (χ1) is 29.4. The van der Waals surface area contributed by atoms with Crippen LogP contribution in [0.4, 0.5) is 0 Å². The van der Waals surface area contributed by atoms with Gasteiger partial charge in [0, 0.05) is 12.8 Å². The van der Waals surface area contributed by atoms with Gasteiger partial charge in [0.15, 0.2) is 6.10 Å². The van der Waals surface area contributed by atoms with Crippen LogP contribution in [0.15, 0.2) is 48.6 Å². The lowest BCUT2D eigenvalue weighted by atomic mass is 9.85. The van der Waals surface area contributed by atoms with Crippen LogP contribution >= 0.6 is 7.82 Å². The van der Waals surface area contributed by atoms with Crippen LogP contribution < -0.4 is 0 Å². The van der Waals surface area contributed by atoms with E-state index < -0.39 is 75.7 Å². The summed E-state index contributed by atoms with van der Waals surface area (Å²) in [5, 5.41) is 50.1. The number of aliphatic hydroxyl groups is 5. The Hall–Kier alpha value is -2.19. The van der Waals surface area contributed by atoms with Gasteiger partial charge in [0.25, 0.3) is 0 Å². The highest BCUT2D eigenvalue weighted by Crippen LogP contribution is 2.47. The Morgan fingerprint density at radius 1 is 0.508 bits per heavy atom. The van der Waals surface area contributed by atoms with Gasteiger partial charge in [-0.25, -0.2) is 4.57 Å². The van der Waals surface area contributed by atoms with E-state index in [1.165, 1.54) is 38.5 Å². The Morgan fingerprint density at radius 3 is 1.33 bits per heavy atom. The number of hydrogen-bond acceptors (Lipinski definition) is 12. The summed E-state index contributed by atoms with van der Waals surface area (Å²) in [6.45, 7) is 3.23. The predicted molar refractivity (Wildman–Crippen MR) is 239 cm³/mol. The monoisotopic (exact) mass is 887 g/mol. The summed E-state index contributed by atoms with van der Waals surface area (Å²) in [5.41, 5.74) is 0. The quantitative estimate of drug-likeness (QED) is 0.0148. The molecule has 61 heavy (non-hydrogen) atoms. The topological polar surface area (TPSA) is 210 Å². The number of carbonyl (C=O) groups excluding carboxylic acids is 2. The van der Waals surface area contributed by atoms with Gasteiger partial charge in [-0.15, -0.1) is 0 Å². The maximum Gasteiger partial charge on any atom is 0.472 e.